The maximum Gasteiger partial charge on any atom is 0.0541 e. The SMILES string of the molecule is C=Cc1c(/C=C\C)n(-c2ccccc2)c2ccc(-c3ccc4c(c3)c3cc(-c5ccc6c(c5)c5ccccc5n6-c5ccccc5)ccc3n4-c3ccccc3)cc12. The Hall–Kier alpha value is -7.62. The molecule has 0 atom stereocenters. The molecule has 0 unspecified atom stereocenters. The van der Waals surface area contributed by atoms with Crippen molar-refractivity contribution < 1.29 is 0 Å². The van der Waals surface area contributed by atoms with Gasteiger partial charge in [0.1, 0.15) is 0 Å². The molecule has 0 amide bonds. The molecule has 0 spiro atoms. The molecule has 3 nitrogen and oxygen atoms in total. The molecule has 0 N–H and O–H groups in total. The van der Waals surface area contributed by atoms with Crippen molar-refractivity contribution >= 4 is 66.7 Å². The molecule has 0 saturated carbocycles. The number of nitrogens with zero attached hydrogens (tertiary/aromatic N) is 3. The van der Waals surface area contributed by atoms with E-state index < -0.39 is 0 Å². The van der Waals surface area contributed by atoms with Crippen LogP contribution in [0.4, 0.5) is 0 Å². The quantitative estimate of drug-likeness (QED) is 0.155. The van der Waals surface area contributed by atoms with E-state index in [0.717, 1.165) is 28.1 Å². The van der Waals surface area contributed by atoms with Crippen LogP contribution >= 0.6 is 0 Å². The number of rotatable bonds is 7. The van der Waals surface area contributed by atoms with Crippen molar-refractivity contribution in [3.8, 4) is 39.3 Å². The highest BCUT2D eigenvalue weighted by Crippen LogP contribution is 2.41. The Morgan fingerprint density at radius 3 is 1.17 bits per heavy atom. The van der Waals surface area contributed by atoms with Crippen molar-refractivity contribution in [1.82, 2.24) is 13.7 Å². The first-order valence-corrected chi connectivity index (χ1v) is 19.9. The molecule has 3 heteroatoms. The monoisotopic (exact) mass is 741 g/mol. The maximum absolute atomic E-state index is 4.27. The fourth-order valence-electron chi connectivity index (χ4n) is 9.15. The van der Waals surface area contributed by atoms with Crippen LogP contribution in [0.1, 0.15) is 18.2 Å². The third-order valence-electron chi connectivity index (χ3n) is 11.7. The fourth-order valence-corrected chi connectivity index (χ4v) is 9.15. The maximum atomic E-state index is 4.27. The zero-order valence-corrected chi connectivity index (χ0v) is 32.2. The Labute approximate surface area is 337 Å². The van der Waals surface area contributed by atoms with Crippen molar-refractivity contribution in [1.29, 1.82) is 0 Å². The summed E-state index contributed by atoms with van der Waals surface area (Å²) in [4.78, 5) is 0. The Morgan fingerprint density at radius 2 is 0.724 bits per heavy atom. The highest BCUT2D eigenvalue weighted by molar-refractivity contribution is 6.13. The van der Waals surface area contributed by atoms with Gasteiger partial charge in [-0.15, -0.1) is 0 Å². The van der Waals surface area contributed by atoms with Gasteiger partial charge in [0.05, 0.1) is 33.3 Å². The number of hydrogen-bond acceptors (Lipinski definition) is 0. The van der Waals surface area contributed by atoms with Crippen LogP contribution in [0.25, 0.3) is 106 Å². The largest absolute Gasteiger partial charge is 0.309 e. The summed E-state index contributed by atoms with van der Waals surface area (Å²) < 4.78 is 7.11. The summed E-state index contributed by atoms with van der Waals surface area (Å²) in [6.07, 6.45) is 6.29. The third-order valence-corrected chi connectivity index (χ3v) is 11.7. The van der Waals surface area contributed by atoms with Gasteiger partial charge in [0, 0.05) is 49.6 Å². The standard InChI is InChI=1S/C55H39N3/c1-3-16-50-44(4-2)46-33-37(25-29-52(46)56(50)41-17-8-5-9-18-41)39-27-31-54-48(35-39)49-36-40(28-32-55(49)58(54)43-21-12-7-13-22-43)38-26-30-53-47(34-38)45-23-14-15-24-51(45)57(53)42-19-10-6-11-20-42/h3-36H,2H2,1H3/b16-3-. The van der Waals surface area contributed by atoms with E-state index in [9.17, 15) is 0 Å². The van der Waals surface area contributed by atoms with Crippen LogP contribution in [0.3, 0.4) is 0 Å². The molecule has 0 aliphatic rings. The number of para-hydroxylation sites is 4. The van der Waals surface area contributed by atoms with E-state index >= 15 is 0 Å². The predicted octanol–water partition coefficient (Wildman–Crippen LogP) is 14.8. The summed E-state index contributed by atoms with van der Waals surface area (Å²) >= 11 is 0. The fraction of sp³-hybridized carbons (Fsp3) is 0.0182. The van der Waals surface area contributed by atoms with Crippen molar-refractivity contribution in [2.24, 2.45) is 0 Å². The lowest BCUT2D eigenvalue weighted by Gasteiger charge is -2.10. The van der Waals surface area contributed by atoms with Gasteiger partial charge in [0.2, 0.25) is 0 Å². The average Bonchev–Trinajstić information content (AvgIpc) is 3.91. The van der Waals surface area contributed by atoms with E-state index in [1.54, 1.807) is 0 Å². The second-order valence-electron chi connectivity index (χ2n) is 15.0. The lowest BCUT2D eigenvalue weighted by Crippen LogP contribution is -1.96. The van der Waals surface area contributed by atoms with Gasteiger partial charge in [-0.25, -0.2) is 0 Å². The van der Waals surface area contributed by atoms with Gasteiger partial charge in [-0.05, 0) is 126 Å². The number of fused-ring (bicyclic) bond motifs is 7. The van der Waals surface area contributed by atoms with Crippen LogP contribution in [0, 0.1) is 0 Å². The van der Waals surface area contributed by atoms with E-state index in [0.29, 0.717) is 0 Å². The molecule has 3 heterocycles. The summed E-state index contributed by atoms with van der Waals surface area (Å²) in [7, 11) is 0. The minimum atomic E-state index is 1.13. The normalized spacial score (nSPS) is 11.9. The van der Waals surface area contributed by atoms with Crippen molar-refractivity contribution in [3.05, 3.63) is 212 Å². The van der Waals surface area contributed by atoms with Gasteiger partial charge < -0.3 is 13.7 Å². The molecule has 8 aromatic carbocycles. The number of aromatic nitrogens is 3. The molecule has 0 radical (unpaired) electrons. The molecule has 274 valence electrons. The third kappa shape index (κ3) is 5.21. The van der Waals surface area contributed by atoms with E-state index in [2.05, 4.69) is 227 Å². The number of hydrogen-bond donors (Lipinski definition) is 0. The van der Waals surface area contributed by atoms with E-state index in [-0.39, 0.29) is 0 Å². The van der Waals surface area contributed by atoms with Crippen molar-refractivity contribution in [3.63, 3.8) is 0 Å². The zero-order chi connectivity index (χ0) is 38.7. The molecule has 11 aromatic rings. The van der Waals surface area contributed by atoms with Gasteiger partial charge in [-0.3, -0.25) is 0 Å². The van der Waals surface area contributed by atoms with Gasteiger partial charge in [0.25, 0.3) is 0 Å². The summed E-state index contributed by atoms with van der Waals surface area (Å²) in [5.74, 6) is 0. The Bertz CT molecular complexity index is 3390. The van der Waals surface area contributed by atoms with Gasteiger partial charge in [0.15, 0.2) is 0 Å². The lowest BCUT2D eigenvalue weighted by molar-refractivity contribution is 1.10. The van der Waals surface area contributed by atoms with Gasteiger partial charge >= 0.3 is 0 Å². The first kappa shape index (κ1) is 33.7. The molecular weight excluding hydrogens is 703 g/mol. The Kier molecular flexibility index (Phi) is 7.87. The van der Waals surface area contributed by atoms with E-state index in [4.69, 9.17) is 0 Å². The highest BCUT2D eigenvalue weighted by atomic mass is 15.0. The second kappa shape index (κ2) is 13.5. The number of allylic oxidation sites excluding steroid dienone is 1. The summed E-state index contributed by atoms with van der Waals surface area (Å²) in [6, 6.07) is 68.4. The molecule has 11 rings (SSSR count). The molecule has 0 bridgehead atoms. The number of benzene rings is 8. The van der Waals surface area contributed by atoms with Crippen LogP contribution in [0.15, 0.2) is 201 Å². The van der Waals surface area contributed by atoms with Crippen molar-refractivity contribution in [2.75, 3.05) is 0 Å². The lowest BCUT2D eigenvalue weighted by atomic mass is 9.98. The average molecular weight is 742 g/mol. The Morgan fingerprint density at radius 1 is 0.362 bits per heavy atom. The minimum absolute atomic E-state index is 1.13. The summed E-state index contributed by atoms with van der Waals surface area (Å²) in [5.41, 5.74) is 16.4. The highest BCUT2D eigenvalue weighted by Gasteiger charge is 2.19. The summed E-state index contributed by atoms with van der Waals surface area (Å²) in [6.45, 7) is 6.34. The van der Waals surface area contributed by atoms with Crippen LogP contribution in [-0.4, -0.2) is 13.7 Å². The van der Waals surface area contributed by atoms with Crippen molar-refractivity contribution in [2.45, 2.75) is 6.92 Å². The molecule has 58 heavy (non-hydrogen) atoms. The Balaban J connectivity index is 1.10. The first-order valence-electron chi connectivity index (χ1n) is 19.9. The van der Waals surface area contributed by atoms with Crippen LogP contribution in [0.5, 0.6) is 0 Å². The smallest absolute Gasteiger partial charge is 0.0541 e. The summed E-state index contributed by atoms with van der Waals surface area (Å²) in [5, 5.41) is 6.13. The van der Waals surface area contributed by atoms with Gasteiger partial charge in [-0.1, -0.05) is 116 Å². The van der Waals surface area contributed by atoms with Crippen LogP contribution in [-0.2, 0) is 0 Å². The first-order chi connectivity index (χ1) is 28.7. The van der Waals surface area contributed by atoms with E-state index in [1.807, 2.05) is 6.08 Å². The molecule has 0 saturated heterocycles. The van der Waals surface area contributed by atoms with E-state index in [1.165, 1.54) is 76.9 Å². The minimum Gasteiger partial charge on any atom is -0.309 e. The second-order valence-corrected chi connectivity index (χ2v) is 15.0. The molecular formula is C55H39N3. The molecule has 0 aliphatic carbocycles. The molecule has 0 aliphatic heterocycles. The van der Waals surface area contributed by atoms with Crippen LogP contribution in [0.2, 0.25) is 0 Å². The molecule has 3 aromatic heterocycles. The predicted molar refractivity (Wildman–Crippen MR) is 248 cm³/mol. The van der Waals surface area contributed by atoms with Gasteiger partial charge in [-0.2, -0.15) is 0 Å². The molecule has 0 fully saturated rings. The van der Waals surface area contributed by atoms with Crippen LogP contribution < -0.4 is 0 Å². The topological polar surface area (TPSA) is 14.8 Å². The zero-order valence-electron chi connectivity index (χ0n) is 32.2.